The molecule has 14 heavy (non-hydrogen) atoms. The molecule has 72 valence electrons. The molecule has 0 saturated carbocycles. The van der Waals surface area contributed by atoms with Crippen molar-refractivity contribution in [2.24, 2.45) is 0 Å². The Hall–Kier alpha value is -0.770. The largest absolute Gasteiger partial charge is 0.428 e. The monoisotopic (exact) mass is 298 g/mol. The lowest BCUT2D eigenvalue weighted by Gasteiger charge is -2.09. The number of rotatable bonds is 2. The first-order valence-electron chi connectivity index (χ1n) is 4.65. The standard InChI is InChI=1S/C12H11IO/c13-14-12-8-6-11(7-9-12)10-4-2-1-3-5-10/h1-2,4,6-9H,3,5H2. The molecular weight excluding hydrogens is 287 g/mol. The lowest BCUT2D eigenvalue weighted by molar-refractivity contribution is 0.717. The summed E-state index contributed by atoms with van der Waals surface area (Å²) in [5, 5.41) is 0. The van der Waals surface area contributed by atoms with Crippen LogP contribution in [0.15, 0.2) is 42.5 Å². The first-order valence-corrected chi connectivity index (χ1v) is 5.53. The topological polar surface area (TPSA) is 9.23 Å². The summed E-state index contributed by atoms with van der Waals surface area (Å²) >= 11 is 1.89. The summed E-state index contributed by atoms with van der Waals surface area (Å²) in [6, 6.07) is 8.22. The van der Waals surface area contributed by atoms with Crippen LogP contribution in [-0.2, 0) is 0 Å². The van der Waals surface area contributed by atoms with E-state index in [1.165, 1.54) is 11.1 Å². The van der Waals surface area contributed by atoms with Gasteiger partial charge >= 0.3 is 0 Å². The molecule has 1 aliphatic rings. The Balaban J connectivity index is 2.24. The highest BCUT2D eigenvalue weighted by Crippen LogP contribution is 2.25. The van der Waals surface area contributed by atoms with Gasteiger partial charge in [-0.15, -0.1) is 0 Å². The highest BCUT2D eigenvalue weighted by molar-refractivity contribution is 14.1. The minimum atomic E-state index is 0.904. The quantitative estimate of drug-likeness (QED) is 0.745. The summed E-state index contributed by atoms with van der Waals surface area (Å²) in [6.07, 6.45) is 8.80. The van der Waals surface area contributed by atoms with Gasteiger partial charge in [-0.2, -0.15) is 0 Å². The molecule has 1 nitrogen and oxygen atoms in total. The number of hydrogen-bond donors (Lipinski definition) is 0. The fourth-order valence-electron chi connectivity index (χ4n) is 1.56. The summed E-state index contributed by atoms with van der Waals surface area (Å²) in [5.74, 6) is 0.904. The zero-order valence-corrected chi connectivity index (χ0v) is 9.90. The third-order valence-electron chi connectivity index (χ3n) is 2.33. The van der Waals surface area contributed by atoms with Crippen LogP contribution in [0.4, 0.5) is 0 Å². The maximum atomic E-state index is 5.09. The molecule has 0 bridgehead atoms. The maximum Gasteiger partial charge on any atom is 0.192 e. The van der Waals surface area contributed by atoms with Crippen LogP contribution in [0.25, 0.3) is 5.57 Å². The van der Waals surface area contributed by atoms with Gasteiger partial charge < -0.3 is 3.07 Å². The lowest BCUT2D eigenvalue weighted by atomic mass is 9.97. The van der Waals surface area contributed by atoms with Gasteiger partial charge in [0.2, 0.25) is 0 Å². The van der Waals surface area contributed by atoms with Gasteiger partial charge in [0, 0.05) is 0 Å². The van der Waals surface area contributed by atoms with Crippen molar-refractivity contribution in [2.45, 2.75) is 12.8 Å². The molecular formula is C12H11IO. The van der Waals surface area contributed by atoms with Crippen LogP contribution in [0.3, 0.4) is 0 Å². The second kappa shape index (κ2) is 4.64. The Morgan fingerprint density at radius 1 is 1.14 bits per heavy atom. The lowest BCUT2D eigenvalue weighted by Crippen LogP contribution is -1.87. The van der Waals surface area contributed by atoms with Gasteiger partial charge in [-0.1, -0.05) is 30.4 Å². The number of benzene rings is 1. The molecule has 0 atom stereocenters. The molecule has 0 unspecified atom stereocenters. The molecule has 1 aromatic rings. The van der Waals surface area contributed by atoms with E-state index in [1.54, 1.807) is 0 Å². The van der Waals surface area contributed by atoms with E-state index in [-0.39, 0.29) is 0 Å². The molecule has 2 heteroatoms. The van der Waals surface area contributed by atoms with Gasteiger partial charge in [0.1, 0.15) is 5.75 Å². The average Bonchev–Trinajstić information content (AvgIpc) is 2.30. The van der Waals surface area contributed by atoms with Crippen molar-refractivity contribution in [1.82, 2.24) is 0 Å². The molecule has 0 aromatic heterocycles. The van der Waals surface area contributed by atoms with Crippen LogP contribution < -0.4 is 3.07 Å². The van der Waals surface area contributed by atoms with Crippen LogP contribution in [0.1, 0.15) is 18.4 Å². The predicted octanol–water partition coefficient (Wildman–Crippen LogP) is 4.15. The van der Waals surface area contributed by atoms with Crippen LogP contribution in [0.2, 0.25) is 0 Å². The van der Waals surface area contributed by atoms with E-state index in [1.807, 2.05) is 35.1 Å². The van der Waals surface area contributed by atoms with Crippen molar-refractivity contribution in [3.8, 4) is 5.75 Å². The Bertz CT molecular complexity index is 362. The van der Waals surface area contributed by atoms with Crippen molar-refractivity contribution in [1.29, 1.82) is 0 Å². The zero-order valence-electron chi connectivity index (χ0n) is 7.74. The Kier molecular flexibility index (Phi) is 3.24. The molecule has 0 spiro atoms. The molecule has 0 saturated heterocycles. The molecule has 0 heterocycles. The third-order valence-corrected chi connectivity index (χ3v) is 2.84. The number of hydrogen-bond acceptors (Lipinski definition) is 1. The van der Waals surface area contributed by atoms with Gasteiger partial charge in [0.25, 0.3) is 0 Å². The van der Waals surface area contributed by atoms with Gasteiger partial charge in [-0.3, -0.25) is 0 Å². The Morgan fingerprint density at radius 2 is 1.93 bits per heavy atom. The number of halogens is 1. The van der Waals surface area contributed by atoms with Crippen molar-refractivity contribution in [2.75, 3.05) is 0 Å². The van der Waals surface area contributed by atoms with Crippen LogP contribution in [0, 0.1) is 0 Å². The summed E-state index contributed by atoms with van der Waals surface area (Å²) in [5.41, 5.74) is 2.71. The minimum absolute atomic E-state index is 0.904. The molecule has 0 radical (unpaired) electrons. The predicted molar refractivity (Wildman–Crippen MR) is 67.4 cm³/mol. The summed E-state index contributed by atoms with van der Waals surface area (Å²) in [7, 11) is 0. The van der Waals surface area contributed by atoms with Crippen molar-refractivity contribution in [3.05, 3.63) is 48.1 Å². The number of allylic oxidation sites excluding steroid dienone is 4. The zero-order chi connectivity index (χ0) is 9.80. The highest BCUT2D eigenvalue weighted by Gasteiger charge is 2.02. The molecule has 2 rings (SSSR count). The second-order valence-corrected chi connectivity index (χ2v) is 3.70. The molecule has 1 aliphatic carbocycles. The van der Waals surface area contributed by atoms with Gasteiger partial charge in [-0.05, 0) is 36.1 Å². The Morgan fingerprint density at radius 3 is 2.50 bits per heavy atom. The smallest absolute Gasteiger partial charge is 0.192 e. The van der Waals surface area contributed by atoms with Crippen LogP contribution in [-0.4, -0.2) is 0 Å². The van der Waals surface area contributed by atoms with E-state index in [2.05, 4.69) is 30.4 Å². The molecule has 0 aliphatic heterocycles. The van der Waals surface area contributed by atoms with Crippen molar-refractivity contribution in [3.63, 3.8) is 0 Å². The van der Waals surface area contributed by atoms with Gasteiger partial charge in [0.05, 0.1) is 0 Å². The molecule has 0 fully saturated rings. The highest BCUT2D eigenvalue weighted by atomic mass is 127. The van der Waals surface area contributed by atoms with E-state index < -0.39 is 0 Å². The van der Waals surface area contributed by atoms with E-state index in [4.69, 9.17) is 3.07 Å². The van der Waals surface area contributed by atoms with Crippen molar-refractivity contribution >= 4 is 28.6 Å². The molecule has 0 N–H and O–H groups in total. The minimum Gasteiger partial charge on any atom is -0.428 e. The van der Waals surface area contributed by atoms with Crippen molar-refractivity contribution < 1.29 is 3.07 Å². The molecule has 0 amide bonds. The summed E-state index contributed by atoms with van der Waals surface area (Å²) in [6.45, 7) is 0. The maximum absolute atomic E-state index is 5.09. The summed E-state index contributed by atoms with van der Waals surface area (Å²) in [4.78, 5) is 0. The van der Waals surface area contributed by atoms with E-state index in [0.717, 1.165) is 18.6 Å². The van der Waals surface area contributed by atoms with E-state index >= 15 is 0 Å². The SMILES string of the molecule is IOc1ccc(C2=CC=CCC2)cc1. The fourth-order valence-corrected chi connectivity index (χ4v) is 1.86. The van der Waals surface area contributed by atoms with Crippen LogP contribution >= 0.6 is 23.0 Å². The first kappa shape index (κ1) is 9.77. The van der Waals surface area contributed by atoms with E-state index in [0.29, 0.717) is 0 Å². The normalized spacial score (nSPS) is 15.1. The molecule has 1 aromatic carbocycles. The fraction of sp³-hybridized carbons (Fsp3) is 0.167. The second-order valence-electron chi connectivity index (χ2n) is 3.26. The Labute approximate surface area is 98.2 Å². The first-order chi connectivity index (χ1) is 6.90. The van der Waals surface area contributed by atoms with Crippen LogP contribution in [0.5, 0.6) is 5.75 Å². The third kappa shape index (κ3) is 2.18. The van der Waals surface area contributed by atoms with Gasteiger partial charge in [0.15, 0.2) is 23.0 Å². The van der Waals surface area contributed by atoms with E-state index in [9.17, 15) is 0 Å². The average molecular weight is 298 g/mol. The summed E-state index contributed by atoms with van der Waals surface area (Å²) < 4.78 is 5.09. The van der Waals surface area contributed by atoms with Gasteiger partial charge in [-0.25, -0.2) is 0 Å².